The number of benzene rings is 1. The molecule has 2 aromatic rings. The van der Waals surface area contributed by atoms with Gasteiger partial charge in [-0.25, -0.2) is 4.98 Å². The Bertz CT molecular complexity index is 879. The van der Waals surface area contributed by atoms with Crippen LogP contribution in [0.5, 0.6) is 5.75 Å². The minimum Gasteiger partial charge on any atom is -0.424 e. The van der Waals surface area contributed by atoms with Crippen molar-refractivity contribution in [3.63, 3.8) is 0 Å². The molecule has 3 rings (SSSR count). The molecule has 0 saturated heterocycles. The van der Waals surface area contributed by atoms with Crippen molar-refractivity contribution in [1.82, 2.24) is 10.3 Å². The first-order valence-electron chi connectivity index (χ1n) is 8.50. The number of para-hydroxylation sites is 1. The van der Waals surface area contributed by atoms with Crippen LogP contribution < -0.4 is 21.1 Å². The second-order valence-corrected chi connectivity index (χ2v) is 6.04. The topological polar surface area (TPSA) is 131 Å². The summed E-state index contributed by atoms with van der Waals surface area (Å²) in [6.45, 7) is 0.166. The first-order valence-corrected chi connectivity index (χ1v) is 8.50. The Kier molecular flexibility index (Phi) is 5.72. The van der Waals surface area contributed by atoms with Gasteiger partial charge in [0.1, 0.15) is 17.2 Å². The fourth-order valence-corrected chi connectivity index (χ4v) is 2.21. The minimum atomic E-state index is -0.250. The van der Waals surface area contributed by atoms with Crippen LogP contribution in [0.25, 0.3) is 0 Å². The van der Waals surface area contributed by atoms with Gasteiger partial charge in [-0.05, 0) is 44.2 Å². The van der Waals surface area contributed by atoms with Crippen LogP contribution in [-0.4, -0.2) is 30.5 Å². The second-order valence-electron chi connectivity index (χ2n) is 6.04. The smallest absolute Gasteiger partial charge is 0.314 e. The first kappa shape index (κ1) is 18.5. The van der Waals surface area contributed by atoms with Gasteiger partial charge in [0, 0.05) is 0 Å². The number of esters is 1. The summed E-state index contributed by atoms with van der Waals surface area (Å²) in [4.78, 5) is 27.5. The predicted molar refractivity (Wildman–Crippen MR) is 100 cm³/mol. The Morgan fingerprint density at radius 3 is 2.63 bits per heavy atom. The van der Waals surface area contributed by atoms with Crippen molar-refractivity contribution < 1.29 is 14.3 Å². The van der Waals surface area contributed by atoms with Crippen molar-refractivity contribution in [3.05, 3.63) is 36.4 Å². The lowest BCUT2D eigenvalue weighted by molar-refractivity contribution is -0.135. The standard InChI is InChI=1S/C18H20N6O3/c1-20-10-16(25)21-15-9-8-13(17(19)22-15)24-23-12-4-2-3-5-14(12)27-18(26)11-6-7-11/h2-5,8-9,11,20H,6-7,10H2,1H3,(H3,19,21,22,25). The number of nitrogens with two attached hydrogens (primary N) is 1. The lowest BCUT2D eigenvalue weighted by atomic mass is 10.3. The molecule has 27 heavy (non-hydrogen) atoms. The van der Waals surface area contributed by atoms with Crippen molar-refractivity contribution in [2.45, 2.75) is 12.8 Å². The molecule has 140 valence electrons. The second kappa shape index (κ2) is 8.37. The van der Waals surface area contributed by atoms with Crippen molar-refractivity contribution >= 4 is 34.9 Å². The van der Waals surface area contributed by atoms with Crippen LogP contribution in [0.2, 0.25) is 0 Å². The molecule has 0 atom stereocenters. The summed E-state index contributed by atoms with van der Waals surface area (Å²) < 4.78 is 5.38. The monoisotopic (exact) mass is 368 g/mol. The highest BCUT2D eigenvalue weighted by Crippen LogP contribution is 2.34. The molecule has 0 spiro atoms. The molecule has 1 aromatic carbocycles. The average Bonchev–Trinajstić information content (AvgIpc) is 3.47. The molecule has 1 aromatic heterocycles. The van der Waals surface area contributed by atoms with E-state index in [0.29, 0.717) is 22.9 Å². The zero-order valence-corrected chi connectivity index (χ0v) is 14.8. The molecule has 0 bridgehead atoms. The summed E-state index contributed by atoms with van der Waals surface area (Å²) in [5, 5.41) is 13.6. The van der Waals surface area contributed by atoms with E-state index in [0.717, 1.165) is 12.8 Å². The maximum absolute atomic E-state index is 11.9. The van der Waals surface area contributed by atoms with E-state index in [9.17, 15) is 9.59 Å². The van der Waals surface area contributed by atoms with E-state index in [1.54, 1.807) is 43.4 Å². The molecule has 0 aliphatic heterocycles. The molecular formula is C18H20N6O3. The van der Waals surface area contributed by atoms with Gasteiger partial charge >= 0.3 is 5.97 Å². The largest absolute Gasteiger partial charge is 0.424 e. The number of carbonyl (C=O) groups is 2. The molecule has 9 nitrogen and oxygen atoms in total. The Balaban J connectivity index is 1.72. The lowest BCUT2D eigenvalue weighted by Crippen LogP contribution is -2.25. The number of anilines is 2. The van der Waals surface area contributed by atoms with Crippen LogP contribution in [0.4, 0.5) is 23.0 Å². The predicted octanol–water partition coefficient (Wildman–Crippen LogP) is 2.55. The average molecular weight is 368 g/mol. The molecule has 4 N–H and O–H groups in total. The van der Waals surface area contributed by atoms with Gasteiger partial charge in [-0.3, -0.25) is 9.59 Å². The molecule has 0 unspecified atom stereocenters. The molecule has 1 aliphatic rings. The van der Waals surface area contributed by atoms with E-state index in [1.165, 1.54) is 0 Å². The molecule has 1 saturated carbocycles. The van der Waals surface area contributed by atoms with E-state index < -0.39 is 0 Å². The number of hydrogen-bond acceptors (Lipinski definition) is 8. The summed E-state index contributed by atoms with van der Waals surface area (Å²) in [5.74, 6) is 0.297. The van der Waals surface area contributed by atoms with Gasteiger partial charge in [0.25, 0.3) is 0 Å². The van der Waals surface area contributed by atoms with Crippen molar-refractivity contribution in [1.29, 1.82) is 0 Å². The summed E-state index contributed by atoms with van der Waals surface area (Å²) >= 11 is 0. The van der Waals surface area contributed by atoms with Gasteiger partial charge in [-0.15, -0.1) is 10.2 Å². The molecular weight excluding hydrogens is 348 g/mol. The van der Waals surface area contributed by atoms with Crippen molar-refractivity contribution in [3.8, 4) is 5.75 Å². The zero-order chi connectivity index (χ0) is 19.2. The number of carbonyl (C=O) groups excluding carboxylic acids is 2. The summed E-state index contributed by atoms with van der Waals surface area (Å²) in [6, 6.07) is 10.1. The maximum Gasteiger partial charge on any atom is 0.314 e. The number of azo groups is 1. The SMILES string of the molecule is CNCC(=O)Nc1ccc(N=Nc2ccccc2OC(=O)C2CC2)c(N)n1. The van der Waals surface area contributed by atoms with E-state index in [4.69, 9.17) is 10.5 Å². The van der Waals surface area contributed by atoms with Crippen LogP contribution >= 0.6 is 0 Å². The quantitative estimate of drug-likeness (QED) is 0.391. The molecule has 0 radical (unpaired) electrons. The van der Waals surface area contributed by atoms with Gasteiger partial charge in [0.05, 0.1) is 12.5 Å². The first-order chi connectivity index (χ1) is 13.1. The van der Waals surface area contributed by atoms with Gasteiger partial charge in [0.15, 0.2) is 11.6 Å². The van der Waals surface area contributed by atoms with Crippen LogP contribution in [0.1, 0.15) is 12.8 Å². The van der Waals surface area contributed by atoms with Crippen LogP contribution in [-0.2, 0) is 9.59 Å². The molecule has 1 heterocycles. The number of rotatable bonds is 7. The van der Waals surface area contributed by atoms with E-state index >= 15 is 0 Å². The minimum absolute atomic E-state index is 0.0134. The number of nitrogens with zero attached hydrogens (tertiary/aromatic N) is 3. The highest BCUT2D eigenvalue weighted by molar-refractivity contribution is 5.91. The Labute approximate surface area is 156 Å². The number of nitrogen functional groups attached to an aromatic ring is 1. The summed E-state index contributed by atoms with van der Waals surface area (Å²) in [6.07, 6.45) is 1.73. The highest BCUT2D eigenvalue weighted by Gasteiger charge is 2.32. The third-order valence-corrected chi connectivity index (χ3v) is 3.76. The van der Waals surface area contributed by atoms with Crippen LogP contribution in [0, 0.1) is 5.92 Å². The number of aromatic nitrogens is 1. The zero-order valence-electron chi connectivity index (χ0n) is 14.8. The molecule has 1 fully saturated rings. The number of ether oxygens (including phenoxy) is 1. The van der Waals surface area contributed by atoms with E-state index in [2.05, 4.69) is 25.8 Å². The molecule has 1 amide bonds. The lowest BCUT2D eigenvalue weighted by Gasteiger charge is -2.07. The summed E-state index contributed by atoms with van der Waals surface area (Å²) in [7, 11) is 1.67. The van der Waals surface area contributed by atoms with Gasteiger partial charge in [-0.2, -0.15) is 0 Å². The van der Waals surface area contributed by atoms with Crippen molar-refractivity contribution in [2.75, 3.05) is 24.6 Å². The van der Waals surface area contributed by atoms with Gasteiger partial charge in [0.2, 0.25) is 5.91 Å². The van der Waals surface area contributed by atoms with E-state index in [-0.39, 0.29) is 30.2 Å². The molecule has 9 heteroatoms. The number of likely N-dealkylation sites (N-methyl/N-ethyl adjacent to an activating group) is 1. The number of pyridine rings is 1. The van der Waals surface area contributed by atoms with Crippen molar-refractivity contribution in [2.24, 2.45) is 16.1 Å². The van der Waals surface area contributed by atoms with Gasteiger partial charge in [-0.1, -0.05) is 12.1 Å². The van der Waals surface area contributed by atoms with Crippen LogP contribution in [0.3, 0.4) is 0 Å². The third-order valence-electron chi connectivity index (χ3n) is 3.76. The normalized spacial score (nSPS) is 13.5. The number of nitrogens with one attached hydrogen (secondary N) is 2. The van der Waals surface area contributed by atoms with Crippen LogP contribution in [0.15, 0.2) is 46.6 Å². The third kappa shape index (κ3) is 5.08. The molecule has 1 aliphatic carbocycles. The highest BCUT2D eigenvalue weighted by atomic mass is 16.5. The number of hydrogen-bond donors (Lipinski definition) is 3. The Morgan fingerprint density at radius 1 is 1.19 bits per heavy atom. The summed E-state index contributed by atoms with van der Waals surface area (Å²) in [5.41, 5.74) is 6.64. The Morgan fingerprint density at radius 2 is 1.93 bits per heavy atom. The maximum atomic E-state index is 11.9. The van der Waals surface area contributed by atoms with E-state index in [1.807, 2.05) is 0 Å². The fraction of sp³-hybridized carbons (Fsp3) is 0.278. The fourth-order valence-electron chi connectivity index (χ4n) is 2.21. The Hall–Kier alpha value is -3.33. The van der Waals surface area contributed by atoms with Gasteiger partial charge < -0.3 is 21.1 Å². The number of amides is 1.